The summed E-state index contributed by atoms with van der Waals surface area (Å²) in [5.74, 6) is -0.963. The molecule has 0 saturated heterocycles. The van der Waals surface area contributed by atoms with Gasteiger partial charge in [-0.15, -0.1) is 0 Å². The highest BCUT2D eigenvalue weighted by Crippen LogP contribution is 2.36. The van der Waals surface area contributed by atoms with E-state index in [0.717, 1.165) is 41.9 Å². The number of aromatic nitrogens is 4. The van der Waals surface area contributed by atoms with Crippen molar-refractivity contribution in [3.05, 3.63) is 47.3 Å². The zero-order valence-corrected chi connectivity index (χ0v) is 17.4. The average Bonchev–Trinajstić information content (AvgIpc) is 3.10. The second kappa shape index (κ2) is 8.38. The Morgan fingerprint density at radius 1 is 1.23 bits per heavy atom. The molecule has 158 valence electrons. The van der Waals surface area contributed by atoms with Gasteiger partial charge in [0.15, 0.2) is 0 Å². The Kier molecular flexibility index (Phi) is 5.65. The number of hydrogen-bond donors (Lipinski definition) is 1. The first-order valence-electron chi connectivity index (χ1n) is 10.4. The molecule has 2 aromatic rings. The number of carboxylic acids is 1. The van der Waals surface area contributed by atoms with E-state index in [1.165, 1.54) is 5.56 Å². The Labute approximate surface area is 175 Å². The third kappa shape index (κ3) is 3.99. The Bertz CT molecular complexity index is 982. The second-order valence-electron chi connectivity index (χ2n) is 8.27. The number of hydrogen-bond acceptors (Lipinski definition) is 5. The van der Waals surface area contributed by atoms with Gasteiger partial charge in [-0.05, 0) is 37.7 Å². The summed E-state index contributed by atoms with van der Waals surface area (Å²) in [6.45, 7) is 0.449. The monoisotopic (exact) mass is 409 g/mol. The molecule has 8 heteroatoms. The van der Waals surface area contributed by atoms with Gasteiger partial charge in [0.05, 0.1) is 30.0 Å². The van der Waals surface area contributed by atoms with E-state index in [-0.39, 0.29) is 17.7 Å². The highest BCUT2D eigenvalue weighted by molar-refractivity contribution is 5.80. The first-order chi connectivity index (χ1) is 14.4. The molecule has 0 saturated carbocycles. The minimum Gasteiger partial charge on any atom is -0.481 e. The van der Waals surface area contributed by atoms with Gasteiger partial charge in [-0.3, -0.25) is 24.2 Å². The lowest BCUT2D eigenvalue weighted by molar-refractivity contribution is -0.142. The maximum atomic E-state index is 13.0. The van der Waals surface area contributed by atoms with Gasteiger partial charge in [-0.2, -0.15) is 5.10 Å². The van der Waals surface area contributed by atoms with Crippen molar-refractivity contribution in [1.29, 1.82) is 0 Å². The second-order valence-corrected chi connectivity index (χ2v) is 8.27. The van der Waals surface area contributed by atoms with Gasteiger partial charge in [0, 0.05) is 50.1 Å². The minimum absolute atomic E-state index is 0.0702. The van der Waals surface area contributed by atoms with Gasteiger partial charge >= 0.3 is 5.97 Å². The molecule has 1 N–H and O–H groups in total. The van der Waals surface area contributed by atoms with Crippen LogP contribution in [0.2, 0.25) is 0 Å². The van der Waals surface area contributed by atoms with E-state index in [0.29, 0.717) is 25.8 Å². The molecule has 2 unspecified atom stereocenters. The largest absolute Gasteiger partial charge is 0.481 e. The van der Waals surface area contributed by atoms with E-state index < -0.39 is 5.97 Å². The zero-order chi connectivity index (χ0) is 21.3. The first-order valence-corrected chi connectivity index (χ1v) is 10.4. The number of amides is 1. The molecule has 2 aromatic heterocycles. The first kappa shape index (κ1) is 20.3. The van der Waals surface area contributed by atoms with Gasteiger partial charge in [-0.25, -0.2) is 0 Å². The highest BCUT2D eigenvalue weighted by atomic mass is 16.4. The quantitative estimate of drug-likeness (QED) is 0.813. The fraction of sp³-hybridized carbons (Fsp3) is 0.500. The molecule has 0 aliphatic heterocycles. The summed E-state index contributed by atoms with van der Waals surface area (Å²) in [5, 5.41) is 14.0. The van der Waals surface area contributed by atoms with Crippen molar-refractivity contribution in [2.45, 2.75) is 45.1 Å². The Morgan fingerprint density at radius 2 is 2.03 bits per heavy atom. The molecule has 2 aliphatic rings. The van der Waals surface area contributed by atoms with Crippen LogP contribution in [0.25, 0.3) is 5.57 Å². The van der Waals surface area contributed by atoms with Crippen LogP contribution in [0.3, 0.4) is 0 Å². The molecule has 2 heterocycles. The molecule has 30 heavy (non-hydrogen) atoms. The molecule has 2 aliphatic carbocycles. The third-order valence-corrected chi connectivity index (χ3v) is 6.26. The number of aliphatic carboxylic acids is 1. The van der Waals surface area contributed by atoms with Crippen molar-refractivity contribution in [1.82, 2.24) is 24.6 Å². The van der Waals surface area contributed by atoms with Crippen molar-refractivity contribution in [3.8, 4) is 0 Å². The van der Waals surface area contributed by atoms with Crippen molar-refractivity contribution >= 4 is 17.4 Å². The summed E-state index contributed by atoms with van der Waals surface area (Å²) in [6, 6.07) is 0. The number of fused-ring (bicyclic) bond motifs is 1. The van der Waals surface area contributed by atoms with Crippen LogP contribution in [0.5, 0.6) is 0 Å². The number of rotatable bonds is 5. The molecule has 4 rings (SSSR count). The standard InChI is InChI=1S/C22H27N5O3/c1-26(13-17-12-23-9-10-24-17)21(28)16-7-8-18-19(11-16)27(2)25-20(18)14-3-5-15(6-4-14)22(29)30/h3,9-10,12,15-16H,4-8,11,13H2,1-2H3,(H,29,30). The minimum atomic E-state index is -0.722. The van der Waals surface area contributed by atoms with Crippen LogP contribution in [0.1, 0.15) is 48.3 Å². The Balaban J connectivity index is 1.47. The lowest BCUT2D eigenvalue weighted by Crippen LogP contribution is -2.36. The fourth-order valence-electron chi connectivity index (χ4n) is 4.56. The number of carbonyl (C=O) groups excluding carboxylic acids is 1. The van der Waals surface area contributed by atoms with Crippen molar-refractivity contribution < 1.29 is 14.7 Å². The molecule has 0 radical (unpaired) electrons. The summed E-state index contributed by atoms with van der Waals surface area (Å²) in [5.41, 5.74) is 5.25. The van der Waals surface area contributed by atoms with Gasteiger partial charge in [-0.1, -0.05) is 6.08 Å². The van der Waals surface area contributed by atoms with E-state index in [9.17, 15) is 14.7 Å². The van der Waals surface area contributed by atoms with Crippen LogP contribution in [0.15, 0.2) is 24.7 Å². The van der Waals surface area contributed by atoms with E-state index in [1.54, 1.807) is 23.5 Å². The van der Waals surface area contributed by atoms with Crippen LogP contribution >= 0.6 is 0 Å². The van der Waals surface area contributed by atoms with Crippen molar-refractivity contribution in [2.24, 2.45) is 18.9 Å². The summed E-state index contributed by atoms with van der Waals surface area (Å²) in [6.07, 6.45) is 11.2. The topological polar surface area (TPSA) is 101 Å². The Morgan fingerprint density at radius 3 is 2.70 bits per heavy atom. The predicted molar refractivity (Wildman–Crippen MR) is 110 cm³/mol. The smallest absolute Gasteiger partial charge is 0.306 e. The van der Waals surface area contributed by atoms with E-state index >= 15 is 0 Å². The molecule has 2 atom stereocenters. The molecular formula is C22H27N5O3. The lowest BCUT2D eigenvalue weighted by Gasteiger charge is -2.27. The third-order valence-electron chi connectivity index (χ3n) is 6.26. The molecule has 8 nitrogen and oxygen atoms in total. The normalized spacial score (nSPS) is 20.9. The van der Waals surface area contributed by atoms with Crippen LogP contribution in [0, 0.1) is 11.8 Å². The molecule has 0 fully saturated rings. The van der Waals surface area contributed by atoms with Gasteiger partial charge in [0.2, 0.25) is 5.91 Å². The van der Waals surface area contributed by atoms with Crippen LogP contribution in [-0.4, -0.2) is 48.7 Å². The number of carbonyl (C=O) groups is 2. The molecular weight excluding hydrogens is 382 g/mol. The van der Waals surface area contributed by atoms with E-state index in [2.05, 4.69) is 9.97 Å². The maximum Gasteiger partial charge on any atom is 0.306 e. The molecule has 1 amide bonds. The fourth-order valence-corrected chi connectivity index (χ4v) is 4.56. The average molecular weight is 409 g/mol. The molecule has 0 aromatic carbocycles. The predicted octanol–water partition coefficient (Wildman–Crippen LogP) is 2.24. The summed E-state index contributed by atoms with van der Waals surface area (Å²) < 4.78 is 1.90. The van der Waals surface area contributed by atoms with Crippen molar-refractivity contribution in [2.75, 3.05) is 7.05 Å². The van der Waals surface area contributed by atoms with Gasteiger partial charge in [0.25, 0.3) is 0 Å². The highest BCUT2D eigenvalue weighted by Gasteiger charge is 2.32. The molecule has 0 bridgehead atoms. The number of nitrogens with zero attached hydrogens (tertiary/aromatic N) is 5. The summed E-state index contributed by atoms with van der Waals surface area (Å²) in [4.78, 5) is 34.3. The van der Waals surface area contributed by atoms with E-state index in [1.807, 2.05) is 24.9 Å². The maximum absolute atomic E-state index is 13.0. The van der Waals surface area contributed by atoms with Gasteiger partial charge < -0.3 is 10.0 Å². The summed E-state index contributed by atoms with van der Waals surface area (Å²) in [7, 11) is 3.74. The van der Waals surface area contributed by atoms with Crippen molar-refractivity contribution in [3.63, 3.8) is 0 Å². The van der Waals surface area contributed by atoms with Crippen LogP contribution < -0.4 is 0 Å². The zero-order valence-electron chi connectivity index (χ0n) is 17.4. The molecule has 0 spiro atoms. The van der Waals surface area contributed by atoms with E-state index in [4.69, 9.17) is 5.10 Å². The number of aryl methyl sites for hydroxylation is 1. The Hall–Kier alpha value is -3.03. The number of allylic oxidation sites excluding steroid dienone is 2. The van der Waals surface area contributed by atoms with Crippen LogP contribution in [-0.2, 0) is 36.0 Å². The van der Waals surface area contributed by atoms with Gasteiger partial charge in [0.1, 0.15) is 0 Å². The van der Waals surface area contributed by atoms with Crippen LogP contribution in [0.4, 0.5) is 0 Å². The number of carboxylic acid groups (broad SMARTS) is 1. The SMILES string of the molecule is CN(Cc1cnccn1)C(=O)C1CCc2c(C3=CCC(C(=O)O)CC3)nn(C)c2C1. The lowest BCUT2D eigenvalue weighted by atomic mass is 9.82. The summed E-state index contributed by atoms with van der Waals surface area (Å²) >= 11 is 0.